The van der Waals surface area contributed by atoms with Gasteiger partial charge in [-0.15, -0.1) is 0 Å². The molecule has 1 aliphatic rings. The van der Waals surface area contributed by atoms with Crippen LogP contribution < -0.4 is 26.6 Å². The van der Waals surface area contributed by atoms with E-state index in [9.17, 15) is 0 Å². The van der Waals surface area contributed by atoms with Gasteiger partial charge in [0.15, 0.2) is 11.6 Å². The van der Waals surface area contributed by atoms with E-state index in [-0.39, 0.29) is 12.4 Å². The maximum atomic E-state index is 5.92. The molecule has 1 aliphatic heterocycles. The van der Waals surface area contributed by atoms with Crippen molar-refractivity contribution in [2.45, 2.75) is 13.8 Å². The molecule has 4 nitrogen and oxygen atoms in total. The van der Waals surface area contributed by atoms with Gasteiger partial charge in [-0.3, -0.25) is 0 Å². The van der Waals surface area contributed by atoms with Crippen molar-refractivity contribution in [2.75, 3.05) is 11.9 Å². The first-order chi connectivity index (χ1) is 12.0. The third-order valence-corrected chi connectivity index (χ3v) is 4.52. The summed E-state index contributed by atoms with van der Waals surface area (Å²) >= 11 is 0. The number of allylic oxidation sites excluding steroid dienone is 2. The van der Waals surface area contributed by atoms with Gasteiger partial charge in [0.05, 0.1) is 11.8 Å². The first-order valence-electron chi connectivity index (χ1n) is 8.33. The Kier molecular flexibility index (Phi) is 4.79. The van der Waals surface area contributed by atoms with Gasteiger partial charge in [-0.2, -0.15) is 4.57 Å². The van der Waals surface area contributed by atoms with Gasteiger partial charge in [0.2, 0.25) is 5.58 Å². The molecule has 0 atom stereocenters. The second-order valence-electron chi connectivity index (χ2n) is 6.47. The standard InChI is InChI=1S/C21H21N2O2.ClH/c1-14-8-10-18-16(12-14)22(3)20(24-18)6-5-7-21-23(4)17-13-15(2)9-11-19(17)25-21;/h5-13H,1-4H3;1H/q+1;/p-1. The second kappa shape index (κ2) is 6.89. The third-order valence-electron chi connectivity index (χ3n) is 4.52. The van der Waals surface area contributed by atoms with Gasteiger partial charge in [-0.1, -0.05) is 12.1 Å². The molecular weight excluding hydrogens is 348 g/mol. The molecule has 0 saturated heterocycles. The number of ether oxygens (including phenoxy) is 1. The fraction of sp³-hybridized carbons (Fsp3) is 0.190. The number of nitrogens with zero attached hydrogens (tertiary/aromatic N) is 2. The van der Waals surface area contributed by atoms with E-state index >= 15 is 0 Å². The number of hydrogen-bond acceptors (Lipinski definition) is 3. The van der Waals surface area contributed by atoms with Crippen LogP contribution in [0.2, 0.25) is 0 Å². The van der Waals surface area contributed by atoms with Crippen LogP contribution in [0.3, 0.4) is 0 Å². The molecule has 0 radical (unpaired) electrons. The highest BCUT2D eigenvalue weighted by Gasteiger charge is 2.22. The molecule has 0 fully saturated rings. The number of rotatable bonds is 2. The van der Waals surface area contributed by atoms with E-state index in [4.69, 9.17) is 9.15 Å². The molecule has 2 heterocycles. The number of hydrogen-bond donors (Lipinski definition) is 0. The molecule has 0 bridgehead atoms. The Bertz CT molecular complexity index is 1030. The predicted octanol–water partition coefficient (Wildman–Crippen LogP) is 1.26. The summed E-state index contributed by atoms with van der Waals surface area (Å²) in [6.45, 7) is 4.16. The summed E-state index contributed by atoms with van der Waals surface area (Å²) in [5, 5.41) is 0. The molecule has 134 valence electrons. The number of aryl methyl sites for hydroxylation is 3. The predicted molar refractivity (Wildman–Crippen MR) is 99.5 cm³/mol. The molecule has 0 spiro atoms. The van der Waals surface area contributed by atoms with Crippen molar-refractivity contribution in [1.82, 2.24) is 0 Å². The number of benzene rings is 2. The summed E-state index contributed by atoms with van der Waals surface area (Å²) in [5.74, 6) is 2.48. The summed E-state index contributed by atoms with van der Waals surface area (Å²) in [4.78, 5) is 2.05. The number of oxazole rings is 1. The topological polar surface area (TPSA) is 29.5 Å². The highest BCUT2D eigenvalue weighted by Crippen LogP contribution is 2.38. The molecule has 26 heavy (non-hydrogen) atoms. The minimum absolute atomic E-state index is 0. The lowest BCUT2D eigenvalue weighted by molar-refractivity contribution is -0.652. The van der Waals surface area contributed by atoms with Gasteiger partial charge in [-0.05, 0) is 55.3 Å². The Morgan fingerprint density at radius 3 is 2.58 bits per heavy atom. The quantitative estimate of drug-likeness (QED) is 0.638. The summed E-state index contributed by atoms with van der Waals surface area (Å²) < 4.78 is 13.9. The van der Waals surface area contributed by atoms with Crippen LogP contribution in [0.1, 0.15) is 17.0 Å². The first kappa shape index (κ1) is 18.1. The number of fused-ring (bicyclic) bond motifs is 2. The van der Waals surface area contributed by atoms with E-state index in [1.165, 1.54) is 11.1 Å². The molecule has 0 unspecified atom stereocenters. The lowest BCUT2D eigenvalue weighted by atomic mass is 10.2. The number of aromatic nitrogens is 1. The third kappa shape index (κ3) is 3.08. The second-order valence-corrected chi connectivity index (χ2v) is 6.47. The minimum Gasteiger partial charge on any atom is -1.00 e. The van der Waals surface area contributed by atoms with Crippen LogP contribution >= 0.6 is 0 Å². The van der Waals surface area contributed by atoms with Gasteiger partial charge in [-0.25, -0.2) is 0 Å². The van der Waals surface area contributed by atoms with Crippen molar-refractivity contribution in [2.24, 2.45) is 7.05 Å². The van der Waals surface area contributed by atoms with Crippen molar-refractivity contribution in [3.8, 4) is 5.75 Å². The molecule has 2 aromatic carbocycles. The maximum Gasteiger partial charge on any atom is 0.373 e. The van der Waals surface area contributed by atoms with E-state index in [0.717, 1.165) is 34.3 Å². The van der Waals surface area contributed by atoms with Crippen molar-refractivity contribution in [3.63, 3.8) is 0 Å². The van der Waals surface area contributed by atoms with Crippen LogP contribution in [0.25, 0.3) is 17.2 Å². The Balaban J connectivity index is 0.00000196. The Morgan fingerprint density at radius 1 is 1.04 bits per heavy atom. The van der Waals surface area contributed by atoms with Crippen LogP contribution in [-0.4, -0.2) is 7.05 Å². The Hall–Kier alpha value is -2.72. The highest BCUT2D eigenvalue weighted by atomic mass is 35.5. The molecule has 3 aromatic rings. The fourth-order valence-corrected chi connectivity index (χ4v) is 3.06. The minimum atomic E-state index is 0. The molecule has 0 aliphatic carbocycles. The summed E-state index contributed by atoms with van der Waals surface area (Å²) in [5.41, 5.74) is 5.50. The Labute approximate surface area is 159 Å². The zero-order valence-corrected chi connectivity index (χ0v) is 16.0. The van der Waals surface area contributed by atoms with Crippen molar-refractivity contribution in [1.29, 1.82) is 0 Å². The van der Waals surface area contributed by atoms with Crippen LogP contribution in [0, 0.1) is 13.8 Å². The van der Waals surface area contributed by atoms with Gasteiger partial charge in [0, 0.05) is 13.1 Å². The maximum absolute atomic E-state index is 5.92. The van der Waals surface area contributed by atoms with Crippen LogP contribution in [0.15, 0.2) is 58.9 Å². The monoisotopic (exact) mass is 368 g/mol. The summed E-state index contributed by atoms with van der Waals surface area (Å²) in [6, 6.07) is 12.4. The average Bonchev–Trinajstić information content (AvgIpc) is 3.06. The van der Waals surface area contributed by atoms with Crippen LogP contribution in [0.4, 0.5) is 5.69 Å². The van der Waals surface area contributed by atoms with E-state index in [2.05, 4.69) is 47.6 Å². The van der Waals surface area contributed by atoms with Crippen molar-refractivity contribution in [3.05, 3.63) is 71.5 Å². The van der Waals surface area contributed by atoms with Crippen molar-refractivity contribution < 1.29 is 26.1 Å². The smallest absolute Gasteiger partial charge is 0.373 e. The number of anilines is 1. The zero-order chi connectivity index (χ0) is 17.6. The molecule has 5 heteroatoms. The molecule has 4 rings (SSSR count). The Morgan fingerprint density at radius 2 is 1.77 bits per heavy atom. The van der Waals surface area contributed by atoms with Gasteiger partial charge < -0.3 is 26.5 Å². The molecule has 0 amide bonds. The van der Waals surface area contributed by atoms with E-state index < -0.39 is 0 Å². The largest absolute Gasteiger partial charge is 1.00 e. The van der Waals surface area contributed by atoms with Crippen LogP contribution in [-0.2, 0) is 7.05 Å². The highest BCUT2D eigenvalue weighted by molar-refractivity contribution is 5.71. The van der Waals surface area contributed by atoms with Gasteiger partial charge >= 0.3 is 5.89 Å². The lowest BCUT2D eigenvalue weighted by Crippen LogP contribution is -3.00. The SMILES string of the molecule is Cc1ccc2c(c1)N(C)/C(=C/C=C/c1oc3ccc(C)cc3[n+]1C)O2.[Cl-]. The van der Waals surface area contributed by atoms with E-state index in [1.807, 2.05) is 44.5 Å². The van der Waals surface area contributed by atoms with E-state index in [1.54, 1.807) is 0 Å². The molecule has 1 aromatic heterocycles. The molecule has 0 saturated carbocycles. The van der Waals surface area contributed by atoms with Crippen molar-refractivity contribution >= 4 is 22.9 Å². The summed E-state index contributed by atoms with van der Waals surface area (Å²) in [6.07, 6.45) is 5.86. The zero-order valence-electron chi connectivity index (χ0n) is 15.3. The normalized spacial score (nSPS) is 14.8. The fourth-order valence-electron chi connectivity index (χ4n) is 3.06. The average molecular weight is 369 g/mol. The molecule has 0 N–H and O–H groups in total. The number of halogens is 1. The van der Waals surface area contributed by atoms with E-state index in [0.29, 0.717) is 0 Å². The lowest BCUT2D eigenvalue weighted by Gasteiger charge is -2.10. The molecular formula is C21H21ClN2O2. The summed E-state index contributed by atoms with van der Waals surface area (Å²) in [7, 11) is 4.02. The van der Waals surface area contributed by atoms with Crippen LogP contribution in [0.5, 0.6) is 5.75 Å². The van der Waals surface area contributed by atoms with Gasteiger partial charge in [0.1, 0.15) is 7.05 Å². The first-order valence-corrected chi connectivity index (χ1v) is 8.33. The van der Waals surface area contributed by atoms with Gasteiger partial charge in [0.25, 0.3) is 5.52 Å².